The van der Waals surface area contributed by atoms with Crippen LogP contribution in [0.2, 0.25) is 0 Å². The Morgan fingerprint density at radius 1 is 1.36 bits per heavy atom. The van der Waals surface area contributed by atoms with Crippen LogP contribution in [0.15, 0.2) is 27.3 Å². The fraction of sp³-hybridized carbons (Fsp3) is 0.562. The summed E-state index contributed by atoms with van der Waals surface area (Å²) >= 11 is 0. The van der Waals surface area contributed by atoms with Gasteiger partial charge in [0.1, 0.15) is 0 Å². The zero-order valence-electron chi connectivity index (χ0n) is 13.0. The summed E-state index contributed by atoms with van der Waals surface area (Å²) in [5, 5.41) is 3.87. The molecule has 2 aromatic heterocycles. The van der Waals surface area contributed by atoms with Gasteiger partial charge in [0.25, 0.3) is 0 Å². The van der Waals surface area contributed by atoms with Crippen molar-refractivity contribution < 1.29 is 13.7 Å². The molecular weight excluding hydrogens is 282 g/mol. The third kappa shape index (κ3) is 3.37. The normalized spacial score (nSPS) is 22.0. The molecular formula is C16H21N3O3. The first-order valence-electron chi connectivity index (χ1n) is 7.76. The number of aryl methyl sites for hydroxylation is 1. The lowest BCUT2D eigenvalue weighted by Gasteiger charge is -2.35. The van der Waals surface area contributed by atoms with Crippen LogP contribution >= 0.6 is 0 Å². The van der Waals surface area contributed by atoms with Crippen LogP contribution < -0.4 is 0 Å². The molecule has 0 radical (unpaired) electrons. The molecule has 2 aromatic rings. The molecule has 0 N–H and O–H groups in total. The molecule has 0 bridgehead atoms. The Morgan fingerprint density at radius 3 is 2.82 bits per heavy atom. The minimum atomic E-state index is 0.163. The molecule has 1 aliphatic heterocycles. The number of likely N-dealkylation sites (tertiary alicyclic amines) is 1. The number of hydrogen-bond acceptors (Lipinski definition) is 5. The van der Waals surface area contributed by atoms with Crippen molar-refractivity contribution in [2.24, 2.45) is 11.8 Å². The molecule has 1 saturated heterocycles. The molecule has 0 aliphatic carbocycles. The Morgan fingerprint density at radius 2 is 2.14 bits per heavy atom. The van der Waals surface area contributed by atoms with E-state index in [1.54, 1.807) is 18.4 Å². The predicted octanol–water partition coefficient (Wildman–Crippen LogP) is 2.77. The van der Waals surface area contributed by atoms with Gasteiger partial charge in [-0.2, -0.15) is 4.98 Å². The van der Waals surface area contributed by atoms with Gasteiger partial charge in [-0.15, -0.1) is 0 Å². The highest BCUT2D eigenvalue weighted by Crippen LogP contribution is 2.22. The van der Waals surface area contributed by atoms with E-state index in [0.29, 0.717) is 42.2 Å². The Balaban J connectivity index is 1.55. The van der Waals surface area contributed by atoms with Gasteiger partial charge in [0.2, 0.25) is 17.6 Å². The molecule has 3 heterocycles. The Bertz CT molecular complexity index is 610. The lowest BCUT2D eigenvalue weighted by atomic mass is 9.91. The first kappa shape index (κ1) is 14.8. The largest absolute Gasteiger partial charge is 0.461 e. The molecule has 1 fully saturated rings. The second-order valence-corrected chi connectivity index (χ2v) is 6.23. The molecule has 6 heteroatoms. The van der Waals surface area contributed by atoms with E-state index in [1.807, 2.05) is 4.90 Å². The highest BCUT2D eigenvalue weighted by atomic mass is 16.5. The summed E-state index contributed by atoms with van der Waals surface area (Å²) in [6.07, 6.45) is 3.62. The van der Waals surface area contributed by atoms with Crippen LogP contribution in [0.5, 0.6) is 0 Å². The predicted molar refractivity (Wildman–Crippen MR) is 79.8 cm³/mol. The van der Waals surface area contributed by atoms with Crippen molar-refractivity contribution in [1.29, 1.82) is 0 Å². The van der Waals surface area contributed by atoms with Gasteiger partial charge in [-0.05, 0) is 30.4 Å². The van der Waals surface area contributed by atoms with Gasteiger partial charge in [-0.3, -0.25) is 4.79 Å². The van der Waals surface area contributed by atoms with Crippen molar-refractivity contribution in [3.8, 4) is 11.6 Å². The highest BCUT2D eigenvalue weighted by Gasteiger charge is 2.25. The van der Waals surface area contributed by atoms with Gasteiger partial charge in [-0.25, -0.2) is 0 Å². The smallest absolute Gasteiger partial charge is 0.238 e. The van der Waals surface area contributed by atoms with E-state index < -0.39 is 0 Å². The standard InChI is InChI=1S/C16H21N3O3/c1-11-8-12(2)10-19(9-11)15(20)6-5-14-17-16(18-22-14)13-4-3-7-21-13/h3-4,7,11-12H,5-6,8-10H2,1-2H3. The third-order valence-corrected chi connectivity index (χ3v) is 3.98. The maximum absolute atomic E-state index is 12.3. The minimum Gasteiger partial charge on any atom is -0.461 e. The van der Waals surface area contributed by atoms with E-state index in [2.05, 4.69) is 24.0 Å². The van der Waals surface area contributed by atoms with Crippen LogP contribution in [0.4, 0.5) is 0 Å². The summed E-state index contributed by atoms with van der Waals surface area (Å²) in [4.78, 5) is 18.5. The average Bonchev–Trinajstić information content (AvgIpc) is 3.14. The van der Waals surface area contributed by atoms with E-state index >= 15 is 0 Å². The number of nitrogens with zero attached hydrogens (tertiary/aromatic N) is 3. The average molecular weight is 303 g/mol. The second-order valence-electron chi connectivity index (χ2n) is 6.23. The number of piperidine rings is 1. The zero-order chi connectivity index (χ0) is 15.5. The van der Waals surface area contributed by atoms with Crippen LogP contribution in [-0.2, 0) is 11.2 Å². The van der Waals surface area contributed by atoms with Gasteiger partial charge in [0.05, 0.1) is 6.26 Å². The lowest BCUT2D eigenvalue weighted by Crippen LogP contribution is -2.42. The molecule has 2 atom stereocenters. The topological polar surface area (TPSA) is 72.4 Å². The van der Waals surface area contributed by atoms with Crippen LogP contribution in [0.3, 0.4) is 0 Å². The van der Waals surface area contributed by atoms with E-state index in [1.165, 1.54) is 6.42 Å². The monoisotopic (exact) mass is 303 g/mol. The first-order valence-corrected chi connectivity index (χ1v) is 7.76. The van der Waals surface area contributed by atoms with Crippen LogP contribution in [0.25, 0.3) is 11.6 Å². The zero-order valence-corrected chi connectivity index (χ0v) is 13.0. The minimum absolute atomic E-state index is 0.163. The summed E-state index contributed by atoms with van der Waals surface area (Å²) in [6.45, 7) is 6.10. The molecule has 1 amide bonds. The van der Waals surface area contributed by atoms with E-state index in [0.717, 1.165) is 13.1 Å². The van der Waals surface area contributed by atoms with Gasteiger partial charge in [-0.1, -0.05) is 19.0 Å². The quantitative estimate of drug-likeness (QED) is 0.868. The number of carbonyl (C=O) groups is 1. The highest BCUT2D eigenvalue weighted by molar-refractivity contribution is 5.76. The first-order chi connectivity index (χ1) is 10.6. The van der Waals surface area contributed by atoms with E-state index in [4.69, 9.17) is 8.94 Å². The SMILES string of the molecule is CC1CC(C)CN(C(=O)CCc2nc(-c3ccco3)no2)C1. The summed E-state index contributed by atoms with van der Waals surface area (Å²) in [5.74, 6) is 2.77. The van der Waals surface area contributed by atoms with Crippen LogP contribution in [0, 0.1) is 11.8 Å². The molecule has 0 saturated carbocycles. The Labute approximate surface area is 129 Å². The van der Waals surface area contributed by atoms with Gasteiger partial charge in [0, 0.05) is 25.9 Å². The Hall–Kier alpha value is -2.11. The summed E-state index contributed by atoms with van der Waals surface area (Å²) in [5.41, 5.74) is 0. The lowest BCUT2D eigenvalue weighted by molar-refractivity contribution is -0.133. The van der Waals surface area contributed by atoms with Crippen molar-refractivity contribution in [3.05, 3.63) is 24.3 Å². The van der Waals surface area contributed by atoms with Crippen molar-refractivity contribution >= 4 is 5.91 Å². The van der Waals surface area contributed by atoms with Crippen molar-refractivity contribution in [1.82, 2.24) is 15.0 Å². The fourth-order valence-electron chi connectivity index (χ4n) is 3.10. The van der Waals surface area contributed by atoms with Gasteiger partial charge >= 0.3 is 0 Å². The number of aromatic nitrogens is 2. The third-order valence-electron chi connectivity index (χ3n) is 3.98. The van der Waals surface area contributed by atoms with Gasteiger partial charge in [0.15, 0.2) is 5.76 Å². The van der Waals surface area contributed by atoms with Crippen LogP contribution in [-0.4, -0.2) is 34.0 Å². The molecule has 2 unspecified atom stereocenters. The summed E-state index contributed by atoms with van der Waals surface area (Å²) in [6, 6.07) is 3.55. The Kier molecular flexibility index (Phi) is 4.27. The maximum Gasteiger partial charge on any atom is 0.238 e. The number of hydrogen-bond donors (Lipinski definition) is 0. The second kappa shape index (κ2) is 6.34. The molecule has 1 aliphatic rings. The van der Waals surface area contributed by atoms with Gasteiger partial charge < -0.3 is 13.8 Å². The van der Waals surface area contributed by atoms with E-state index in [9.17, 15) is 4.79 Å². The van der Waals surface area contributed by atoms with Crippen molar-refractivity contribution in [2.45, 2.75) is 33.1 Å². The van der Waals surface area contributed by atoms with Crippen molar-refractivity contribution in [2.75, 3.05) is 13.1 Å². The molecule has 0 aromatic carbocycles. The summed E-state index contributed by atoms with van der Waals surface area (Å²) < 4.78 is 10.4. The fourth-order valence-corrected chi connectivity index (χ4v) is 3.10. The van der Waals surface area contributed by atoms with Crippen LogP contribution in [0.1, 0.15) is 32.6 Å². The molecule has 3 rings (SSSR count). The number of amides is 1. The molecule has 6 nitrogen and oxygen atoms in total. The number of rotatable bonds is 4. The number of carbonyl (C=O) groups excluding carboxylic acids is 1. The van der Waals surface area contributed by atoms with Crippen molar-refractivity contribution in [3.63, 3.8) is 0 Å². The number of furan rings is 1. The summed E-state index contributed by atoms with van der Waals surface area (Å²) in [7, 11) is 0. The maximum atomic E-state index is 12.3. The molecule has 118 valence electrons. The molecule has 22 heavy (non-hydrogen) atoms. The molecule has 0 spiro atoms. The van der Waals surface area contributed by atoms with E-state index in [-0.39, 0.29) is 5.91 Å².